The maximum absolute atomic E-state index is 12.4. The summed E-state index contributed by atoms with van der Waals surface area (Å²) in [5.41, 5.74) is 1.23. The van der Waals surface area contributed by atoms with Crippen molar-refractivity contribution >= 4 is 28.4 Å². The zero-order valence-corrected chi connectivity index (χ0v) is 12.9. The average Bonchev–Trinajstić information content (AvgIpc) is 2.38. The molecule has 98 valence electrons. The van der Waals surface area contributed by atoms with E-state index in [1.165, 1.54) is 0 Å². The van der Waals surface area contributed by atoms with Crippen LogP contribution in [0.2, 0.25) is 0 Å². The van der Waals surface area contributed by atoms with E-state index in [1.54, 1.807) is 18.5 Å². The topological polar surface area (TPSA) is 39.2 Å². The molecule has 1 aromatic heterocycles. The first kappa shape index (κ1) is 14.0. The Labute approximate surface area is 126 Å². The third-order valence-electron chi connectivity index (χ3n) is 2.47. The maximum atomic E-state index is 12.4. The van der Waals surface area contributed by atoms with Gasteiger partial charge in [0.15, 0.2) is 5.78 Å². The Balaban J connectivity index is 2.32. The molecule has 1 aromatic carbocycles. The van der Waals surface area contributed by atoms with Gasteiger partial charge in [-0.2, -0.15) is 0 Å². The van der Waals surface area contributed by atoms with Gasteiger partial charge in [0.25, 0.3) is 0 Å². The lowest BCUT2D eigenvalue weighted by molar-refractivity contribution is 0.103. The Morgan fingerprint density at radius 2 is 2.00 bits per heavy atom. The van der Waals surface area contributed by atoms with Gasteiger partial charge < -0.3 is 4.74 Å². The smallest absolute Gasteiger partial charge is 0.195 e. The molecule has 0 saturated heterocycles. The van der Waals surface area contributed by atoms with E-state index in [0.29, 0.717) is 16.9 Å². The monoisotopic (exact) mass is 367 g/mol. The molecule has 0 fully saturated rings. The molecule has 0 unspecified atom stereocenters. The third kappa shape index (κ3) is 3.53. The van der Waals surface area contributed by atoms with E-state index in [-0.39, 0.29) is 11.9 Å². The van der Waals surface area contributed by atoms with Crippen molar-refractivity contribution in [2.45, 2.75) is 20.0 Å². The Morgan fingerprint density at radius 1 is 1.26 bits per heavy atom. The number of nitrogens with zero attached hydrogens (tertiary/aromatic N) is 1. The van der Waals surface area contributed by atoms with Crippen LogP contribution < -0.4 is 4.74 Å². The largest absolute Gasteiger partial charge is 0.489 e. The fourth-order valence-corrected chi connectivity index (χ4v) is 2.31. The van der Waals surface area contributed by atoms with Crippen LogP contribution in [0.3, 0.4) is 0 Å². The van der Waals surface area contributed by atoms with Gasteiger partial charge in [0, 0.05) is 20.9 Å². The van der Waals surface area contributed by atoms with Gasteiger partial charge in [-0.15, -0.1) is 0 Å². The number of pyridine rings is 1. The van der Waals surface area contributed by atoms with Crippen LogP contribution in [0.4, 0.5) is 0 Å². The summed E-state index contributed by atoms with van der Waals surface area (Å²) in [5, 5.41) is 0. The highest BCUT2D eigenvalue weighted by Gasteiger charge is 2.13. The van der Waals surface area contributed by atoms with Crippen molar-refractivity contribution in [1.29, 1.82) is 0 Å². The van der Waals surface area contributed by atoms with Crippen molar-refractivity contribution in [3.8, 4) is 5.75 Å². The van der Waals surface area contributed by atoms with Crippen LogP contribution in [0.5, 0.6) is 5.75 Å². The van der Waals surface area contributed by atoms with Crippen LogP contribution in [0, 0.1) is 3.57 Å². The molecule has 0 spiro atoms. The normalized spacial score (nSPS) is 10.5. The number of hydrogen-bond donors (Lipinski definition) is 0. The summed E-state index contributed by atoms with van der Waals surface area (Å²) < 4.78 is 6.49. The van der Waals surface area contributed by atoms with Gasteiger partial charge in [0.05, 0.1) is 12.3 Å². The van der Waals surface area contributed by atoms with Gasteiger partial charge in [-0.05, 0) is 54.6 Å². The van der Waals surface area contributed by atoms with Crippen molar-refractivity contribution in [1.82, 2.24) is 4.98 Å². The van der Waals surface area contributed by atoms with Crippen molar-refractivity contribution < 1.29 is 9.53 Å². The predicted molar refractivity (Wildman–Crippen MR) is 82.6 cm³/mol. The Kier molecular flexibility index (Phi) is 4.52. The molecule has 2 rings (SSSR count). The molecular formula is C15H14INO2. The van der Waals surface area contributed by atoms with E-state index >= 15 is 0 Å². The second kappa shape index (κ2) is 6.14. The minimum absolute atomic E-state index is 0.0355. The molecule has 0 N–H and O–H groups in total. The number of carbonyl (C=O) groups is 1. The maximum Gasteiger partial charge on any atom is 0.195 e. The summed E-state index contributed by atoms with van der Waals surface area (Å²) >= 11 is 2.16. The SMILES string of the molecule is CC(C)Oc1cncc(C(=O)c2ccccc2I)c1. The first-order chi connectivity index (χ1) is 9.08. The Morgan fingerprint density at radius 3 is 2.68 bits per heavy atom. The third-order valence-corrected chi connectivity index (χ3v) is 3.41. The molecule has 0 aliphatic heterocycles. The van der Waals surface area contributed by atoms with E-state index in [1.807, 2.05) is 38.1 Å². The molecule has 0 aliphatic carbocycles. The number of aromatic nitrogens is 1. The molecule has 2 aromatic rings. The van der Waals surface area contributed by atoms with E-state index in [9.17, 15) is 4.79 Å². The molecule has 1 heterocycles. The van der Waals surface area contributed by atoms with Crippen LogP contribution >= 0.6 is 22.6 Å². The van der Waals surface area contributed by atoms with E-state index in [4.69, 9.17) is 4.74 Å². The molecule has 0 saturated carbocycles. The van der Waals surface area contributed by atoms with Crippen LogP contribution in [-0.2, 0) is 0 Å². The highest BCUT2D eigenvalue weighted by molar-refractivity contribution is 14.1. The molecule has 0 radical (unpaired) electrons. The Bertz CT molecular complexity index is 596. The fraction of sp³-hybridized carbons (Fsp3) is 0.200. The molecule has 4 heteroatoms. The van der Waals surface area contributed by atoms with Crippen molar-refractivity contribution in [3.05, 3.63) is 57.4 Å². The average molecular weight is 367 g/mol. The zero-order valence-electron chi connectivity index (χ0n) is 10.8. The van der Waals surface area contributed by atoms with Gasteiger partial charge in [0.1, 0.15) is 5.75 Å². The second-order valence-corrected chi connectivity index (χ2v) is 5.55. The quantitative estimate of drug-likeness (QED) is 0.611. The van der Waals surface area contributed by atoms with E-state index in [2.05, 4.69) is 27.6 Å². The fourth-order valence-electron chi connectivity index (χ4n) is 1.68. The van der Waals surface area contributed by atoms with Crippen molar-refractivity contribution in [2.75, 3.05) is 0 Å². The summed E-state index contributed by atoms with van der Waals surface area (Å²) in [6.45, 7) is 3.88. The van der Waals surface area contributed by atoms with E-state index < -0.39 is 0 Å². The minimum Gasteiger partial charge on any atom is -0.489 e. The highest BCUT2D eigenvalue weighted by Crippen LogP contribution is 2.19. The number of ether oxygens (including phenoxy) is 1. The van der Waals surface area contributed by atoms with Gasteiger partial charge in [-0.3, -0.25) is 9.78 Å². The molecule has 3 nitrogen and oxygen atoms in total. The van der Waals surface area contributed by atoms with E-state index in [0.717, 1.165) is 3.57 Å². The van der Waals surface area contributed by atoms with Crippen molar-refractivity contribution in [2.24, 2.45) is 0 Å². The highest BCUT2D eigenvalue weighted by atomic mass is 127. The standard InChI is InChI=1S/C15H14INO2/c1-10(2)19-12-7-11(8-17-9-12)15(18)13-5-3-4-6-14(13)16/h3-10H,1-2H3. The molecule has 0 atom stereocenters. The number of rotatable bonds is 4. The lowest BCUT2D eigenvalue weighted by Gasteiger charge is -2.10. The predicted octanol–water partition coefficient (Wildman–Crippen LogP) is 3.70. The van der Waals surface area contributed by atoms with Crippen LogP contribution in [0.25, 0.3) is 0 Å². The molecule has 0 amide bonds. The Hall–Kier alpha value is -1.43. The summed E-state index contributed by atoms with van der Waals surface area (Å²) in [5.74, 6) is 0.582. The number of hydrogen-bond acceptors (Lipinski definition) is 3. The molecule has 19 heavy (non-hydrogen) atoms. The number of carbonyl (C=O) groups excluding carboxylic acids is 1. The van der Waals surface area contributed by atoms with Gasteiger partial charge in [-0.1, -0.05) is 12.1 Å². The number of ketones is 1. The summed E-state index contributed by atoms with van der Waals surface area (Å²) in [7, 11) is 0. The summed E-state index contributed by atoms with van der Waals surface area (Å²) in [6.07, 6.45) is 3.25. The van der Waals surface area contributed by atoms with Gasteiger partial charge in [-0.25, -0.2) is 0 Å². The van der Waals surface area contributed by atoms with Gasteiger partial charge >= 0.3 is 0 Å². The molecular weight excluding hydrogens is 353 g/mol. The lowest BCUT2D eigenvalue weighted by atomic mass is 10.1. The number of halogens is 1. The molecule has 0 bridgehead atoms. The summed E-state index contributed by atoms with van der Waals surface area (Å²) in [6, 6.07) is 9.24. The summed E-state index contributed by atoms with van der Waals surface area (Å²) in [4.78, 5) is 16.5. The lowest BCUT2D eigenvalue weighted by Crippen LogP contribution is -2.08. The van der Waals surface area contributed by atoms with Crippen LogP contribution in [-0.4, -0.2) is 16.9 Å². The first-order valence-corrected chi connectivity index (χ1v) is 7.06. The van der Waals surface area contributed by atoms with Gasteiger partial charge in [0.2, 0.25) is 0 Å². The first-order valence-electron chi connectivity index (χ1n) is 5.99. The molecule has 0 aliphatic rings. The minimum atomic E-state index is -0.0355. The second-order valence-electron chi connectivity index (χ2n) is 4.38. The number of benzene rings is 1. The van der Waals surface area contributed by atoms with Crippen LogP contribution in [0.15, 0.2) is 42.7 Å². The zero-order chi connectivity index (χ0) is 13.8. The van der Waals surface area contributed by atoms with Crippen molar-refractivity contribution in [3.63, 3.8) is 0 Å². The van der Waals surface area contributed by atoms with Crippen LogP contribution in [0.1, 0.15) is 29.8 Å².